The lowest BCUT2D eigenvalue weighted by molar-refractivity contribution is 0.133. The molecule has 0 fully saturated rings. The molecule has 5 rings (SSSR count). The average Bonchev–Trinajstić information content (AvgIpc) is 3.15. The first-order chi connectivity index (χ1) is 12.7. The molecule has 136 valence electrons. The SMILES string of the molecule is COc1cc2c(cc1OC)[C@H]1[C@@H](C)c3ccc4c(c3CN1CC2)OCO4. The highest BCUT2D eigenvalue weighted by molar-refractivity contribution is 5.56. The van der Waals surface area contributed by atoms with E-state index < -0.39 is 0 Å². The van der Waals surface area contributed by atoms with E-state index in [-0.39, 0.29) is 0 Å². The van der Waals surface area contributed by atoms with Crippen molar-refractivity contribution in [3.05, 3.63) is 46.5 Å². The van der Waals surface area contributed by atoms with E-state index in [1.807, 2.05) is 6.07 Å². The van der Waals surface area contributed by atoms with E-state index in [1.165, 1.54) is 22.3 Å². The van der Waals surface area contributed by atoms with Gasteiger partial charge in [-0.15, -0.1) is 0 Å². The fourth-order valence-corrected chi connectivity index (χ4v) is 4.80. The number of hydrogen-bond acceptors (Lipinski definition) is 5. The van der Waals surface area contributed by atoms with Gasteiger partial charge in [0.05, 0.1) is 14.2 Å². The summed E-state index contributed by atoms with van der Waals surface area (Å²) in [6.45, 7) is 4.55. The lowest BCUT2D eigenvalue weighted by Gasteiger charge is -2.45. The van der Waals surface area contributed by atoms with E-state index >= 15 is 0 Å². The van der Waals surface area contributed by atoms with Crippen LogP contribution < -0.4 is 18.9 Å². The smallest absolute Gasteiger partial charge is 0.231 e. The maximum atomic E-state index is 5.78. The molecule has 2 aromatic rings. The van der Waals surface area contributed by atoms with Gasteiger partial charge in [0.1, 0.15) is 0 Å². The van der Waals surface area contributed by atoms with Crippen molar-refractivity contribution in [2.24, 2.45) is 0 Å². The monoisotopic (exact) mass is 353 g/mol. The minimum absolute atomic E-state index is 0.323. The standard InChI is InChI=1S/C21H23NO4/c1-12-14-4-5-17-21(26-11-25-17)16(14)10-22-7-6-13-8-18(23-2)19(24-3)9-15(13)20(12)22/h4-5,8-9,12,20H,6-7,10-11H2,1-3H3/t12-,20+/m0/s1. The number of benzene rings is 2. The van der Waals surface area contributed by atoms with Crippen molar-refractivity contribution >= 4 is 0 Å². The zero-order valence-electron chi connectivity index (χ0n) is 15.4. The summed E-state index contributed by atoms with van der Waals surface area (Å²) in [6, 6.07) is 8.91. The summed E-state index contributed by atoms with van der Waals surface area (Å²) in [5.41, 5.74) is 5.36. The van der Waals surface area contributed by atoms with Crippen LogP contribution in [0.15, 0.2) is 24.3 Å². The summed E-state index contributed by atoms with van der Waals surface area (Å²) in [7, 11) is 3.40. The van der Waals surface area contributed by atoms with Crippen molar-refractivity contribution < 1.29 is 18.9 Å². The molecule has 0 spiro atoms. The van der Waals surface area contributed by atoms with E-state index in [0.717, 1.165) is 42.5 Å². The fraction of sp³-hybridized carbons (Fsp3) is 0.429. The molecule has 0 radical (unpaired) electrons. The van der Waals surface area contributed by atoms with Crippen LogP contribution in [0.1, 0.15) is 41.1 Å². The van der Waals surface area contributed by atoms with Crippen LogP contribution in [0.4, 0.5) is 0 Å². The normalized spacial score (nSPS) is 23.0. The summed E-state index contributed by atoms with van der Waals surface area (Å²) >= 11 is 0. The van der Waals surface area contributed by atoms with E-state index in [9.17, 15) is 0 Å². The Morgan fingerprint density at radius 2 is 1.85 bits per heavy atom. The Hall–Kier alpha value is -2.40. The molecular formula is C21H23NO4. The van der Waals surface area contributed by atoms with Crippen LogP contribution >= 0.6 is 0 Å². The number of hydrogen-bond donors (Lipinski definition) is 0. The van der Waals surface area contributed by atoms with Crippen molar-refractivity contribution in [3.63, 3.8) is 0 Å². The van der Waals surface area contributed by atoms with Crippen molar-refractivity contribution in [1.82, 2.24) is 4.90 Å². The quantitative estimate of drug-likeness (QED) is 0.824. The Balaban J connectivity index is 1.62. The first kappa shape index (κ1) is 15.8. The molecule has 0 unspecified atom stereocenters. The Kier molecular flexibility index (Phi) is 3.54. The molecule has 0 saturated carbocycles. The van der Waals surface area contributed by atoms with Gasteiger partial charge < -0.3 is 18.9 Å². The lowest BCUT2D eigenvalue weighted by Crippen LogP contribution is -2.41. The third kappa shape index (κ3) is 2.13. The van der Waals surface area contributed by atoms with Crippen molar-refractivity contribution in [2.75, 3.05) is 27.6 Å². The van der Waals surface area contributed by atoms with Gasteiger partial charge >= 0.3 is 0 Å². The van der Waals surface area contributed by atoms with Gasteiger partial charge in [0, 0.05) is 30.6 Å². The minimum atomic E-state index is 0.323. The van der Waals surface area contributed by atoms with Crippen LogP contribution in [-0.2, 0) is 13.0 Å². The molecule has 2 aromatic carbocycles. The highest BCUT2D eigenvalue weighted by Crippen LogP contribution is 2.51. The first-order valence-electron chi connectivity index (χ1n) is 9.11. The Labute approximate surface area is 153 Å². The van der Waals surface area contributed by atoms with Crippen molar-refractivity contribution in [3.8, 4) is 23.0 Å². The van der Waals surface area contributed by atoms with Gasteiger partial charge in [-0.25, -0.2) is 0 Å². The third-order valence-corrected chi connectivity index (χ3v) is 6.03. The summed E-state index contributed by atoms with van der Waals surface area (Å²) in [5.74, 6) is 3.79. The van der Waals surface area contributed by atoms with E-state index in [1.54, 1.807) is 14.2 Å². The summed E-state index contributed by atoms with van der Waals surface area (Å²) in [4.78, 5) is 2.56. The Morgan fingerprint density at radius 1 is 1.04 bits per heavy atom. The first-order valence-corrected chi connectivity index (χ1v) is 9.11. The molecule has 0 bridgehead atoms. The molecule has 0 aliphatic carbocycles. The average molecular weight is 353 g/mol. The minimum Gasteiger partial charge on any atom is -0.493 e. The van der Waals surface area contributed by atoms with Gasteiger partial charge in [-0.2, -0.15) is 0 Å². The number of nitrogens with zero attached hydrogens (tertiary/aromatic N) is 1. The van der Waals surface area contributed by atoms with Gasteiger partial charge in [0.15, 0.2) is 23.0 Å². The molecule has 5 heteroatoms. The molecule has 0 saturated heterocycles. The number of rotatable bonds is 2. The van der Waals surface area contributed by atoms with E-state index in [4.69, 9.17) is 18.9 Å². The van der Waals surface area contributed by atoms with Crippen LogP contribution in [0.3, 0.4) is 0 Å². The number of methoxy groups -OCH3 is 2. The van der Waals surface area contributed by atoms with Crippen LogP contribution in [0, 0.1) is 0 Å². The number of ether oxygens (including phenoxy) is 4. The molecule has 3 heterocycles. The maximum absolute atomic E-state index is 5.78. The van der Waals surface area contributed by atoms with Gasteiger partial charge in [0.2, 0.25) is 6.79 Å². The van der Waals surface area contributed by atoms with Gasteiger partial charge in [-0.3, -0.25) is 4.90 Å². The highest BCUT2D eigenvalue weighted by atomic mass is 16.7. The second kappa shape index (κ2) is 5.81. The molecule has 0 amide bonds. The van der Waals surface area contributed by atoms with Gasteiger partial charge in [-0.1, -0.05) is 13.0 Å². The summed E-state index contributed by atoms with van der Waals surface area (Å²) in [6.07, 6.45) is 1.01. The van der Waals surface area contributed by atoms with Crippen LogP contribution in [-0.4, -0.2) is 32.5 Å². The predicted molar refractivity (Wildman–Crippen MR) is 97.4 cm³/mol. The van der Waals surface area contributed by atoms with Gasteiger partial charge in [0.25, 0.3) is 0 Å². The molecular weight excluding hydrogens is 330 g/mol. The molecule has 26 heavy (non-hydrogen) atoms. The largest absolute Gasteiger partial charge is 0.493 e. The maximum Gasteiger partial charge on any atom is 0.231 e. The lowest BCUT2D eigenvalue weighted by atomic mass is 9.77. The molecule has 3 aliphatic rings. The zero-order chi connectivity index (χ0) is 17.8. The van der Waals surface area contributed by atoms with E-state index in [0.29, 0.717) is 18.8 Å². The molecule has 0 aromatic heterocycles. The van der Waals surface area contributed by atoms with Crippen molar-refractivity contribution in [1.29, 1.82) is 0 Å². The molecule has 0 N–H and O–H groups in total. The number of fused-ring (bicyclic) bond motifs is 6. The second-order valence-electron chi connectivity index (χ2n) is 7.23. The third-order valence-electron chi connectivity index (χ3n) is 6.03. The summed E-state index contributed by atoms with van der Waals surface area (Å²) in [5, 5.41) is 0. The molecule has 2 atom stereocenters. The Morgan fingerprint density at radius 3 is 2.65 bits per heavy atom. The topological polar surface area (TPSA) is 40.2 Å². The molecule has 5 nitrogen and oxygen atoms in total. The molecule has 3 aliphatic heterocycles. The summed E-state index contributed by atoms with van der Waals surface area (Å²) < 4.78 is 22.4. The van der Waals surface area contributed by atoms with Gasteiger partial charge in [-0.05, 0) is 41.3 Å². The van der Waals surface area contributed by atoms with Crippen molar-refractivity contribution in [2.45, 2.75) is 31.8 Å². The van der Waals surface area contributed by atoms with Crippen LogP contribution in [0.25, 0.3) is 0 Å². The zero-order valence-corrected chi connectivity index (χ0v) is 15.4. The van der Waals surface area contributed by atoms with Crippen LogP contribution in [0.2, 0.25) is 0 Å². The predicted octanol–water partition coefficient (Wildman–Crippen LogP) is 3.65. The second-order valence-corrected chi connectivity index (χ2v) is 7.23. The van der Waals surface area contributed by atoms with E-state index in [2.05, 4.69) is 30.0 Å². The Bertz CT molecular complexity index is 879. The highest BCUT2D eigenvalue weighted by Gasteiger charge is 2.40. The fourth-order valence-electron chi connectivity index (χ4n) is 4.80. The van der Waals surface area contributed by atoms with Crippen LogP contribution in [0.5, 0.6) is 23.0 Å².